The number of hydrogen-bond donors (Lipinski definition) is 0. The number of carbonyl (C=O) groups excluding carboxylic acids is 1. The average Bonchev–Trinajstić information content (AvgIpc) is 2.96. The highest BCUT2D eigenvalue weighted by molar-refractivity contribution is 9.11. The lowest BCUT2D eigenvalue weighted by molar-refractivity contribution is -0.113. The van der Waals surface area contributed by atoms with Crippen LogP contribution in [0.3, 0.4) is 0 Å². The smallest absolute Gasteiger partial charge is 0.268 e. The molecule has 7 heteroatoms. The number of thiophene rings is 1. The summed E-state index contributed by atoms with van der Waals surface area (Å²) in [4.78, 5) is 14.4. The molecule has 0 unspecified atom stereocenters. The summed E-state index contributed by atoms with van der Waals surface area (Å²) in [5.74, 6) is -0.526. The highest BCUT2D eigenvalue weighted by Crippen LogP contribution is 2.36. The lowest BCUT2D eigenvalue weighted by Gasteiger charge is -2.14. The third kappa shape index (κ3) is 3.11. The normalized spacial score (nSPS) is 17.0. The molecule has 1 aliphatic rings. The fraction of sp³-hybridized carbons (Fsp3) is 0. The molecule has 0 aliphatic carbocycles. The maximum Gasteiger partial charge on any atom is 0.270 e. The first-order chi connectivity index (χ1) is 10.0. The van der Waals surface area contributed by atoms with Gasteiger partial charge in [0.1, 0.15) is 5.82 Å². The van der Waals surface area contributed by atoms with Crippen LogP contribution in [-0.2, 0) is 4.79 Å². The van der Waals surface area contributed by atoms with Gasteiger partial charge in [-0.2, -0.15) is 0 Å². The van der Waals surface area contributed by atoms with Crippen LogP contribution in [0.5, 0.6) is 0 Å². The van der Waals surface area contributed by atoms with Gasteiger partial charge in [0.2, 0.25) is 0 Å². The molecule has 0 spiro atoms. The Labute approximate surface area is 142 Å². The molecule has 0 bridgehead atoms. The van der Waals surface area contributed by atoms with Gasteiger partial charge in [-0.15, -0.1) is 11.3 Å². The molecule has 2 aromatic rings. The molecule has 106 valence electrons. The van der Waals surface area contributed by atoms with Crippen molar-refractivity contribution in [3.63, 3.8) is 0 Å². The highest BCUT2D eigenvalue weighted by atomic mass is 79.9. The van der Waals surface area contributed by atoms with Crippen LogP contribution in [0.25, 0.3) is 6.08 Å². The molecule has 21 heavy (non-hydrogen) atoms. The monoisotopic (exact) mass is 399 g/mol. The molecule has 0 radical (unpaired) electrons. The molecule has 0 N–H and O–H groups in total. The summed E-state index contributed by atoms with van der Waals surface area (Å²) in [6.07, 6.45) is 1.81. The third-order valence-electron chi connectivity index (χ3n) is 2.76. The van der Waals surface area contributed by atoms with Crippen molar-refractivity contribution in [2.75, 3.05) is 4.90 Å². The van der Waals surface area contributed by atoms with Gasteiger partial charge in [0.25, 0.3) is 5.91 Å². The van der Waals surface area contributed by atoms with Crippen LogP contribution in [0.15, 0.2) is 44.4 Å². The molecule has 1 aromatic carbocycles. The van der Waals surface area contributed by atoms with Gasteiger partial charge in [0, 0.05) is 0 Å². The summed E-state index contributed by atoms with van der Waals surface area (Å²) in [6.45, 7) is 0. The van der Waals surface area contributed by atoms with E-state index in [1.807, 2.05) is 17.5 Å². The van der Waals surface area contributed by atoms with E-state index >= 15 is 0 Å². The summed E-state index contributed by atoms with van der Waals surface area (Å²) in [5, 5.41) is 1.95. The molecule has 1 amide bonds. The fourth-order valence-corrected chi connectivity index (χ4v) is 4.26. The van der Waals surface area contributed by atoms with Crippen molar-refractivity contribution in [2.24, 2.45) is 0 Å². The summed E-state index contributed by atoms with van der Waals surface area (Å²) in [6, 6.07) is 7.66. The van der Waals surface area contributed by atoms with Gasteiger partial charge < -0.3 is 0 Å². The summed E-state index contributed by atoms with van der Waals surface area (Å²) >= 11 is 11.4. The average molecular weight is 400 g/mol. The first kappa shape index (κ1) is 14.9. The van der Waals surface area contributed by atoms with Crippen LogP contribution in [0.4, 0.5) is 10.1 Å². The van der Waals surface area contributed by atoms with Gasteiger partial charge in [-0.05, 0) is 63.3 Å². The van der Waals surface area contributed by atoms with E-state index in [1.165, 1.54) is 28.8 Å². The second kappa shape index (κ2) is 6.00. The minimum atomic E-state index is -0.345. The second-order valence-corrected chi connectivity index (χ2v) is 8.14. The Balaban J connectivity index is 1.92. The molecule has 2 nitrogen and oxygen atoms in total. The topological polar surface area (TPSA) is 20.3 Å². The Morgan fingerprint density at radius 2 is 2.00 bits per heavy atom. The predicted octanol–water partition coefficient (Wildman–Crippen LogP) is 5.06. The van der Waals surface area contributed by atoms with E-state index in [-0.39, 0.29) is 11.7 Å². The lowest BCUT2D eigenvalue weighted by Crippen LogP contribution is -2.27. The molecular formula is C14H7BrFNOS3. The number of amides is 1. The lowest BCUT2D eigenvalue weighted by atomic mass is 10.2. The molecule has 1 aliphatic heterocycles. The number of thiocarbonyl (C=S) groups is 1. The van der Waals surface area contributed by atoms with Crippen molar-refractivity contribution >= 4 is 73.2 Å². The Hall–Kier alpha value is -1.02. The van der Waals surface area contributed by atoms with E-state index in [0.717, 1.165) is 9.35 Å². The van der Waals surface area contributed by atoms with E-state index in [1.54, 1.807) is 23.5 Å². The standard InChI is InChI=1S/C14H7BrFNOS3/c15-12-6-8(7-20-12)5-11-13(18)17(14(19)21-11)10-3-1-9(16)2-4-10/h1-7H/b11-5+. The fourth-order valence-electron chi connectivity index (χ4n) is 1.83. The molecule has 0 atom stereocenters. The maximum absolute atomic E-state index is 13.0. The minimum absolute atomic E-state index is 0.182. The molecule has 0 saturated carbocycles. The largest absolute Gasteiger partial charge is 0.270 e. The molecular weight excluding hydrogens is 393 g/mol. The number of rotatable bonds is 2. The number of hydrogen-bond acceptors (Lipinski definition) is 4. The van der Waals surface area contributed by atoms with Crippen LogP contribution in [0.1, 0.15) is 5.56 Å². The number of nitrogens with zero attached hydrogens (tertiary/aromatic N) is 1. The van der Waals surface area contributed by atoms with Crippen molar-refractivity contribution in [2.45, 2.75) is 0 Å². The first-order valence-electron chi connectivity index (χ1n) is 5.82. The van der Waals surface area contributed by atoms with E-state index in [4.69, 9.17) is 12.2 Å². The molecule has 2 heterocycles. The molecule has 1 saturated heterocycles. The van der Waals surface area contributed by atoms with E-state index in [2.05, 4.69) is 15.9 Å². The number of benzene rings is 1. The maximum atomic E-state index is 13.0. The second-order valence-electron chi connectivity index (χ2n) is 4.18. The van der Waals surface area contributed by atoms with Crippen molar-refractivity contribution in [1.29, 1.82) is 0 Å². The third-order valence-corrected chi connectivity index (χ3v) is 5.59. The highest BCUT2D eigenvalue weighted by Gasteiger charge is 2.33. The predicted molar refractivity (Wildman–Crippen MR) is 94.1 cm³/mol. The van der Waals surface area contributed by atoms with Crippen molar-refractivity contribution < 1.29 is 9.18 Å². The Bertz CT molecular complexity index is 754. The first-order valence-corrected chi connectivity index (χ1v) is 8.72. The van der Waals surface area contributed by atoms with Crippen LogP contribution in [0.2, 0.25) is 0 Å². The Kier molecular flexibility index (Phi) is 4.26. The van der Waals surface area contributed by atoms with Gasteiger partial charge in [0.15, 0.2) is 4.32 Å². The summed E-state index contributed by atoms with van der Waals surface area (Å²) < 4.78 is 14.4. The molecule has 1 aromatic heterocycles. The van der Waals surface area contributed by atoms with E-state index < -0.39 is 0 Å². The zero-order valence-electron chi connectivity index (χ0n) is 10.4. The molecule has 1 fully saturated rings. The summed E-state index contributed by atoms with van der Waals surface area (Å²) in [7, 11) is 0. The molecule has 3 rings (SSSR count). The number of thioether (sulfide) groups is 1. The van der Waals surface area contributed by atoms with Crippen LogP contribution in [-0.4, -0.2) is 10.2 Å². The Morgan fingerprint density at radius 1 is 1.29 bits per heavy atom. The van der Waals surface area contributed by atoms with Crippen molar-refractivity contribution in [3.8, 4) is 0 Å². The van der Waals surface area contributed by atoms with Gasteiger partial charge >= 0.3 is 0 Å². The van der Waals surface area contributed by atoms with Gasteiger partial charge in [0.05, 0.1) is 14.4 Å². The van der Waals surface area contributed by atoms with Gasteiger partial charge in [-0.3, -0.25) is 9.69 Å². The number of anilines is 1. The zero-order chi connectivity index (χ0) is 15.0. The number of halogens is 2. The van der Waals surface area contributed by atoms with E-state index in [9.17, 15) is 9.18 Å². The quantitative estimate of drug-likeness (QED) is 0.520. The van der Waals surface area contributed by atoms with Crippen LogP contribution < -0.4 is 4.90 Å². The van der Waals surface area contributed by atoms with Crippen LogP contribution >= 0.6 is 51.2 Å². The van der Waals surface area contributed by atoms with Gasteiger partial charge in [-0.25, -0.2) is 4.39 Å². The minimum Gasteiger partial charge on any atom is -0.268 e. The van der Waals surface area contributed by atoms with Crippen molar-refractivity contribution in [3.05, 3.63) is 55.8 Å². The Morgan fingerprint density at radius 3 is 2.62 bits per heavy atom. The van der Waals surface area contributed by atoms with Gasteiger partial charge in [-0.1, -0.05) is 24.0 Å². The van der Waals surface area contributed by atoms with Crippen molar-refractivity contribution in [1.82, 2.24) is 0 Å². The van der Waals surface area contributed by atoms with E-state index in [0.29, 0.717) is 14.9 Å². The van der Waals surface area contributed by atoms with Crippen LogP contribution in [0, 0.1) is 5.82 Å². The summed E-state index contributed by atoms with van der Waals surface area (Å²) in [5.41, 5.74) is 1.53. The number of carbonyl (C=O) groups is 1. The SMILES string of the molecule is O=C1/C(=C\c2csc(Br)c2)SC(=S)N1c1ccc(F)cc1. The zero-order valence-corrected chi connectivity index (χ0v) is 14.4.